The Morgan fingerprint density at radius 1 is 0.604 bits per heavy atom. The first-order valence-corrected chi connectivity index (χ1v) is 35.4. The third-order valence-corrected chi connectivity index (χ3v) is 19.7. The molecule has 101 heavy (non-hydrogen) atoms. The van der Waals surface area contributed by atoms with Gasteiger partial charge in [-0.3, -0.25) is 57.5 Å². The Morgan fingerprint density at radius 2 is 1.18 bits per heavy atom. The molecule has 4 N–H and O–H groups in total. The van der Waals surface area contributed by atoms with Crippen molar-refractivity contribution >= 4 is 93.5 Å². The molecule has 2 aliphatic heterocycles. The number of likely N-dealkylation sites (N-methyl/N-ethyl adjacent to an activating group) is 7. The molecule has 0 radical (unpaired) electrons. The summed E-state index contributed by atoms with van der Waals surface area (Å²) in [4.78, 5) is 186. The van der Waals surface area contributed by atoms with Crippen molar-refractivity contribution in [3.63, 3.8) is 0 Å². The molecular formula is C73H105F2IN12O13. The standard InChI is InChI=1S/C73H105F2IN12O13/c1-18-47(7)63-70(99)83(12)41-61(91)81(10)42-62(92)85(14)57(38-49-25-23-46(6)24-26-49)68(97)82(11)40-59(89)77-53(37-50-21-19-22-51(76)35-50)64(93)78-55(36-48-27-29-52(101-17)30-28-48)67(96)87(16)72(8,9)71(100)79-54(33-44(2)3)66(95)86(15)58(69(98)88-32-20-31-73(74,75)43-88)39-60(90)84(13)56(34-45(4)5)65(94)80-63/h19,21-30,35,44-45,47,53-58,63H,18,20,31-34,36-43H2,1-17H3,(H,77,89)(H,78,93)(H,79,100)(H,80,94)/t47-,53-,54-,55-,56-,57-,58-,63-/m0/s1. The van der Waals surface area contributed by atoms with Crippen LogP contribution < -0.4 is 26.0 Å². The molecule has 0 aliphatic carbocycles. The number of ether oxygens (including phenoxy) is 1. The fraction of sp³-hybridized carbons (Fsp3) is 0.589. The third-order valence-electron chi connectivity index (χ3n) is 19.0. The lowest BCUT2D eigenvalue weighted by atomic mass is 9.95. The van der Waals surface area contributed by atoms with Crippen molar-refractivity contribution in [2.75, 3.05) is 89.2 Å². The zero-order valence-electron chi connectivity index (χ0n) is 61.6. The molecule has 0 bridgehead atoms. The highest BCUT2D eigenvalue weighted by Gasteiger charge is 2.46. The van der Waals surface area contributed by atoms with E-state index < -0.39 is 170 Å². The summed E-state index contributed by atoms with van der Waals surface area (Å²) in [5.74, 6) is -13.5. The molecule has 0 spiro atoms. The van der Waals surface area contributed by atoms with Gasteiger partial charge in [-0.1, -0.05) is 102 Å². The number of nitrogens with one attached hydrogen (secondary N) is 4. The van der Waals surface area contributed by atoms with Crippen LogP contribution in [0.3, 0.4) is 0 Å². The van der Waals surface area contributed by atoms with Crippen LogP contribution in [0.1, 0.15) is 116 Å². The lowest BCUT2D eigenvalue weighted by Crippen LogP contribution is -2.64. The summed E-state index contributed by atoms with van der Waals surface area (Å²) in [6, 6.07) is 11.1. The Kier molecular flexibility index (Phi) is 30.6. The molecule has 8 atom stereocenters. The van der Waals surface area contributed by atoms with Crippen LogP contribution in [0.4, 0.5) is 8.78 Å². The normalized spacial score (nSPS) is 23.6. The number of nitrogens with zero attached hydrogens (tertiary/aromatic N) is 8. The highest BCUT2D eigenvalue weighted by Crippen LogP contribution is 2.29. The first-order chi connectivity index (χ1) is 47.2. The number of carbonyl (C=O) groups excluding carboxylic acids is 12. The first-order valence-electron chi connectivity index (χ1n) is 34.3. The summed E-state index contributed by atoms with van der Waals surface area (Å²) in [5, 5.41) is 11.3. The van der Waals surface area contributed by atoms with Crippen LogP contribution in [0.5, 0.6) is 5.75 Å². The molecule has 12 amide bonds. The largest absolute Gasteiger partial charge is 0.497 e. The number of alkyl halides is 2. The van der Waals surface area contributed by atoms with Gasteiger partial charge in [0.25, 0.3) is 5.92 Å². The van der Waals surface area contributed by atoms with Crippen molar-refractivity contribution in [1.29, 1.82) is 0 Å². The maximum atomic E-state index is 15.3. The summed E-state index contributed by atoms with van der Waals surface area (Å²) in [6.07, 6.45) is -1.44. The number of hydrogen-bond acceptors (Lipinski definition) is 13. The number of methoxy groups -OCH3 is 1. The van der Waals surface area contributed by atoms with Crippen LogP contribution in [0, 0.1) is 28.2 Å². The van der Waals surface area contributed by atoms with Crippen molar-refractivity contribution in [3.8, 4) is 5.75 Å². The van der Waals surface area contributed by atoms with Crippen molar-refractivity contribution in [1.82, 2.24) is 60.5 Å². The lowest BCUT2D eigenvalue weighted by Gasteiger charge is -2.40. The molecule has 2 heterocycles. The van der Waals surface area contributed by atoms with Gasteiger partial charge in [0.15, 0.2) is 0 Å². The number of benzene rings is 3. The summed E-state index contributed by atoms with van der Waals surface area (Å²) in [6.45, 7) is 12.4. The molecule has 25 nitrogen and oxygen atoms in total. The van der Waals surface area contributed by atoms with Gasteiger partial charge in [-0.25, -0.2) is 8.78 Å². The molecule has 2 saturated heterocycles. The zero-order chi connectivity index (χ0) is 75.7. The molecule has 2 fully saturated rings. The molecule has 0 unspecified atom stereocenters. The second-order valence-electron chi connectivity index (χ2n) is 28.4. The Balaban J connectivity index is 1.67. The minimum atomic E-state index is -3.31. The number of amides is 12. The van der Waals surface area contributed by atoms with Crippen LogP contribution in [-0.4, -0.2) is 253 Å². The van der Waals surface area contributed by atoms with Crippen LogP contribution in [0.15, 0.2) is 72.8 Å². The van der Waals surface area contributed by atoms with Crippen LogP contribution in [-0.2, 0) is 76.8 Å². The predicted molar refractivity (Wildman–Crippen MR) is 385 cm³/mol. The zero-order valence-corrected chi connectivity index (χ0v) is 63.8. The fourth-order valence-corrected chi connectivity index (χ4v) is 12.7. The molecule has 3 aromatic rings. The van der Waals surface area contributed by atoms with E-state index in [9.17, 15) is 38.4 Å². The van der Waals surface area contributed by atoms with Gasteiger partial charge in [0.1, 0.15) is 53.6 Å². The van der Waals surface area contributed by atoms with Crippen molar-refractivity contribution in [2.24, 2.45) is 17.8 Å². The summed E-state index contributed by atoms with van der Waals surface area (Å²) in [7, 11) is 10.8. The smallest absolute Gasteiger partial charge is 0.265 e. The van der Waals surface area contributed by atoms with E-state index in [1.807, 2.05) is 25.1 Å². The summed E-state index contributed by atoms with van der Waals surface area (Å²) >= 11 is 2.11. The Hall–Kier alpha value is -8.31. The second kappa shape index (κ2) is 37.0. The molecule has 0 saturated carbocycles. The molecule has 556 valence electrons. The van der Waals surface area contributed by atoms with E-state index in [1.165, 1.54) is 75.2 Å². The average Bonchev–Trinajstić information content (AvgIpc) is 0.805. The third kappa shape index (κ3) is 23.4. The number of carbonyl (C=O) groups is 12. The minimum absolute atomic E-state index is 0.0179. The van der Waals surface area contributed by atoms with E-state index in [0.717, 1.165) is 43.4 Å². The number of likely N-dealkylation sites (tertiary alicyclic amines) is 1. The summed E-state index contributed by atoms with van der Waals surface area (Å²) in [5.41, 5.74) is 0.887. The molecule has 3 aromatic carbocycles. The van der Waals surface area contributed by atoms with E-state index in [0.29, 0.717) is 28.9 Å². The number of piperidine rings is 1. The van der Waals surface area contributed by atoms with Gasteiger partial charge in [-0.15, -0.1) is 0 Å². The first kappa shape index (κ1) is 83.4. The van der Waals surface area contributed by atoms with Crippen molar-refractivity contribution in [3.05, 3.63) is 98.6 Å². The maximum Gasteiger partial charge on any atom is 0.265 e. The van der Waals surface area contributed by atoms with Gasteiger partial charge in [-0.05, 0) is 121 Å². The van der Waals surface area contributed by atoms with Crippen LogP contribution in [0.25, 0.3) is 0 Å². The van der Waals surface area contributed by atoms with Crippen molar-refractivity contribution < 1.29 is 71.1 Å². The molecule has 28 heteroatoms. The Bertz CT molecular complexity index is 3450. The van der Waals surface area contributed by atoms with Gasteiger partial charge < -0.3 is 65.2 Å². The van der Waals surface area contributed by atoms with E-state index in [1.54, 1.807) is 96.1 Å². The van der Waals surface area contributed by atoms with Crippen LogP contribution >= 0.6 is 22.6 Å². The predicted octanol–water partition coefficient (Wildman–Crippen LogP) is 4.47. The van der Waals surface area contributed by atoms with E-state index in [4.69, 9.17) is 4.74 Å². The maximum absolute atomic E-state index is 15.3. The minimum Gasteiger partial charge on any atom is -0.497 e. The van der Waals surface area contributed by atoms with Gasteiger partial charge in [0.05, 0.1) is 39.7 Å². The number of halogens is 3. The van der Waals surface area contributed by atoms with E-state index >= 15 is 28.0 Å². The van der Waals surface area contributed by atoms with Crippen molar-refractivity contribution in [2.45, 2.75) is 174 Å². The summed E-state index contributed by atoms with van der Waals surface area (Å²) < 4.78 is 36.6. The van der Waals surface area contributed by atoms with Gasteiger partial charge in [0, 0.05) is 85.1 Å². The van der Waals surface area contributed by atoms with E-state index in [2.05, 4.69) is 43.9 Å². The number of rotatable bonds is 14. The molecule has 2 aliphatic rings. The van der Waals surface area contributed by atoms with Gasteiger partial charge in [-0.2, -0.15) is 0 Å². The average molecular weight is 1520 g/mol. The SMILES string of the molecule is CC[C@H](C)[C@@H]1NC(=O)[C@H](CC(C)C)N(C)C(=O)C[C@@H](C(=O)N2CCCC(F)(F)C2)N(C)C(=O)[C@H](CC(C)C)NC(=O)C(C)(C)N(C)C(=O)[C@H](Cc2ccc(OC)cc2)NC(=O)[C@H](Cc2cccc(I)c2)NC(=O)CN(C)C(=O)[C@H](Cc2ccc(C)cc2)N(C)C(=O)CN(C)C(=O)CN(C)C1=O. The molecule has 5 rings (SSSR count). The highest BCUT2D eigenvalue weighted by molar-refractivity contribution is 14.1. The fourth-order valence-electron chi connectivity index (χ4n) is 12.1. The second-order valence-corrected chi connectivity index (χ2v) is 29.7. The van der Waals surface area contributed by atoms with Gasteiger partial charge >= 0.3 is 0 Å². The topological polar surface area (TPSA) is 288 Å². The monoisotopic (exact) mass is 1520 g/mol. The number of hydrogen-bond donors (Lipinski definition) is 4. The highest BCUT2D eigenvalue weighted by atomic mass is 127. The quantitative estimate of drug-likeness (QED) is 0.162. The Morgan fingerprint density at radius 3 is 1.76 bits per heavy atom. The molecular weight excluding hydrogens is 1420 g/mol. The van der Waals surface area contributed by atoms with E-state index in [-0.39, 0.29) is 56.9 Å². The lowest BCUT2D eigenvalue weighted by molar-refractivity contribution is -0.156. The molecule has 0 aromatic heterocycles. The van der Waals surface area contributed by atoms with Gasteiger partial charge in [0.2, 0.25) is 70.9 Å². The number of aryl methyl sites for hydroxylation is 1. The van der Waals surface area contributed by atoms with Crippen LogP contribution in [0.2, 0.25) is 0 Å². The Labute approximate surface area is 607 Å².